The van der Waals surface area contributed by atoms with Crippen LogP contribution in [0.25, 0.3) is 85.4 Å². The summed E-state index contributed by atoms with van der Waals surface area (Å²) in [4.78, 5) is 61.9. The number of hydrogen-bond donors (Lipinski definition) is 5. The summed E-state index contributed by atoms with van der Waals surface area (Å²) in [6, 6.07) is 35.1. The van der Waals surface area contributed by atoms with Crippen LogP contribution in [0, 0.1) is 0 Å². The number of carboxylic acids is 4. The van der Waals surface area contributed by atoms with Crippen LogP contribution < -0.4 is 0 Å². The molecule has 0 unspecified atom stereocenters. The number of aromatic amines is 1. The van der Waals surface area contributed by atoms with E-state index in [9.17, 15) is 39.6 Å². The number of aromatic nitrogens is 4. The number of carboxylic acid groups (broad SMARTS) is 4. The van der Waals surface area contributed by atoms with Crippen LogP contribution >= 0.6 is 0 Å². The smallest absolute Gasteiger partial charge is 0.335 e. The predicted molar refractivity (Wildman–Crippen MR) is 228 cm³/mol. The normalized spacial score (nSPS) is 11.5. The molecule has 13 heteroatoms. The van der Waals surface area contributed by atoms with E-state index in [0.29, 0.717) is 72.9 Å². The van der Waals surface area contributed by atoms with Crippen LogP contribution in [0.4, 0.5) is 0 Å². The average molecular weight is 856 g/mol. The van der Waals surface area contributed by atoms with Crippen LogP contribution in [0.2, 0.25) is 0 Å². The molecule has 5 N–H and O–H groups in total. The molecule has 61 heavy (non-hydrogen) atoms. The van der Waals surface area contributed by atoms with Crippen molar-refractivity contribution >= 4 is 70.2 Å². The molecule has 9 rings (SSSR count). The summed E-state index contributed by atoms with van der Waals surface area (Å²) in [5.41, 5.74) is 9.34. The molecule has 0 atom stereocenters. The summed E-state index contributed by atoms with van der Waals surface area (Å²) in [7, 11) is 0. The van der Waals surface area contributed by atoms with Gasteiger partial charge in [0.2, 0.25) is 0 Å². The number of benzene rings is 4. The first-order valence-corrected chi connectivity index (χ1v) is 18.5. The van der Waals surface area contributed by atoms with Gasteiger partial charge in [0, 0.05) is 52.9 Å². The van der Waals surface area contributed by atoms with E-state index in [1.165, 1.54) is 48.5 Å². The molecule has 0 saturated carbocycles. The van der Waals surface area contributed by atoms with E-state index < -0.39 is 23.9 Å². The Hall–Kier alpha value is -8.02. The van der Waals surface area contributed by atoms with E-state index in [1.807, 2.05) is 59.2 Å². The summed E-state index contributed by atoms with van der Waals surface area (Å²) in [5, 5.41) is 39.6. The van der Waals surface area contributed by atoms with Gasteiger partial charge in [-0.1, -0.05) is 36.4 Å². The van der Waals surface area contributed by atoms with Crippen LogP contribution in [0.1, 0.15) is 64.2 Å². The molecule has 0 amide bonds. The number of H-pyrrole nitrogens is 1. The molecular weight excluding hydrogens is 826 g/mol. The van der Waals surface area contributed by atoms with Gasteiger partial charge >= 0.3 is 23.9 Å². The van der Waals surface area contributed by atoms with Crippen molar-refractivity contribution < 1.29 is 59.1 Å². The molecule has 2 aliphatic heterocycles. The van der Waals surface area contributed by atoms with Crippen molar-refractivity contribution in [3.8, 4) is 39.1 Å². The number of nitrogens with zero attached hydrogens (tertiary/aromatic N) is 3. The molecule has 0 spiro atoms. The van der Waals surface area contributed by atoms with E-state index in [2.05, 4.69) is 4.98 Å². The van der Waals surface area contributed by atoms with E-state index in [4.69, 9.17) is 9.97 Å². The fourth-order valence-electron chi connectivity index (χ4n) is 7.51. The van der Waals surface area contributed by atoms with Gasteiger partial charge in [-0.05, 0) is 132 Å². The van der Waals surface area contributed by atoms with E-state index in [0.717, 1.165) is 11.0 Å². The zero-order chi connectivity index (χ0) is 41.7. The molecule has 4 aromatic carbocycles. The number of carbonyl (C=O) groups is 4. The Morgan fingerprint density at radius 3 is 1.31 bits per heavy atom. The van der Waals surface area contributed by atoms with E-state index in [-0.39, 0.29) is 41.7 Å². The SMILES string of the molecule is O=C(O)c1ccc(-c2c(-c3ccc(C(=O)O)cc3)c3c(-c4ccc(C(=O)O)cc4)c4nc(cc5ccc(cc6nc(cc2n3-c2ccc(C(=O)O)cc2)C=C6)[nH]5)C=C4)cc1.[Zn]. The van der Waals surface area contributed by atoms with Gasteiger partial charge in [0.15, 0.2) is 0 Å². The Bertz CT molecular complexity index is 3180. The summed E-state index contributed by atoms with van der Waals surface area (Å²) in [5.74, 6) is -4.45. The zero-order valence-electron chi connectivity index (χ0n) is 31.9. The molecule has 12 nitrogen and oxygen atoms in total. The molecule has 3 aromatic heterocycles. The van der Waals surface area contributed by atoms with Crippen LogP contribution in [0.3, 0.4) is 0 Å². The topological polar surface area (TPSA) is 196 Å². The largest absolute Gasteiger partial charge is 0.478 e. The van der Waals surface area contributed by atoms with Crippen LogP contribution in [0.5, 0.6) is 0 Å². The molecular formula is C48H30N4O8Zn. The third kappa shape index (κ3) is 7.57. The first kappa shape index (κ1) is 39.8. The van der Waals surface area contributed by atoms with Gasteiger partial charge in [-0.3, -0.25) is 0 Å². The van der Waals surface area contributed by atoms with Crippen LogP contribution in [-0.2, 0) is 19.5 Å². The fourth-order valence-corrected chi connectivity index (χ4v) is 7.51. The van der Waals surface area contributed by atoms with Gasteiger partial charge in [0.05, 0.1) is 56.1 Å². The van der Waals surface area contributed by atoms with Crippen molar-refractivity contribution in [1.82, 2.24) is 19.5 Å². The molecule has 292 valence electrons. The van der Waals surface area contributed by atoms with Gasteiger partial charge in [-0.15, -0.1) is 0 Å². The minimum absolute atomic E-state index is 0. The van der Waals surface area contributed by atoms with E-state index >= 15 is 0 Å². The first-order chi connectivity index (χ1) is 29.0. The molecule has 5 heterocycles. The summed E-state index contributed by atoms with van der Waals surface area (Å²) in [6.45, 7) is 0. The van der Waals surface area contributed by atoms with Crippen molar-refractivity contribution in [2.75, 3.05) is 0 Å². The Morgan fingerprint density at radius 1 is 0.443 bits per heavy atom. The maximum atomic E-state index is 12.1. The average Bonchev–Trinajstić information content (AvgIpc) is 4.06. The van der Waals surface area contributed by atoms with Crippen molar-refractivity contribution in [2.24, 2.45) is 0 Å². The van der Waals surface area contributed by atoms with Crippen molar-refractivity contribution in [3.05, 3.63) is 172 Å². The second-order valence-corrected chi connectivity index (χ2v) is 14.0. The maximum Gasteiger partial charge on any atom is 0.335 e. The van der Waals surface area contributed by atoms with Crippen molar-refractivity contribution in [2.45, 2.75) is 0 Å². The van der Waals surface area contributed by atoms with Gasteiger partial charge in [0.25, 0.3) is 0 Å². The summed E-state index contributed by atoms with van der Waals surface area (Å²) >= 11 is 0. The quantitative estimate of drug-likeness (QED) is 0.0918. The fraction of sp³-hybridized carbons (Fsp3) is 0. The molecule has 0 fully saturated rings. The maximum absolute atomic E-state index is 12.1. The zero-order valence-corrected chi connectivity index (χ0v) is 34.9. The van der Waals surface area contributed by atoms with Crippen LogP contribution in [-0.4, -0.2) is 63.8 Å². The second-order valence-electron chi connectivity index (χ2n) is 14.0. The van der Waals surface area contributed by atoms with Gasteiger partial charge in [-0.2, -0.15) is 0 Å². The molecule has 7 aromatic rings. The predicted octanol–water partition coefficient (Wildman–Crippen LogP) is 9.91. The number of rotatable bonds is 8. The Kier molecular flexibility index (Phi) is 10.4. The number of aromatic carboxylic acids is 4. The second kappa shape index (κ2) is 16.0. The van der Waals surface area contributed by atoms with Crippen molar-refractivity contribution in [1.29, 1.82) is 0 Å². The Labute approximate surface area is 358 Å². The molecule has 2 aliphatic rings. The van der Waals surface area contributed by atoms with Gasteiger partial charge in [0.1, 0.15) is 0 Å². The third-order valence-corrected chi connectivity index (χ3v) is 10.3. The van der Waals surface area contributed by atoms with Crippen molar-refractivity contribution in [3.63, 3.8) is 0 Å². The Balaban J connectivity index is 0.00000514. The number of hydrogen-bond acceptors (Lipinski definition) is 6. The third-order valence-electron chi connectivity index (χ3n) is 10.3. The van der Waals surface area contributed by atoms with Gasteiger partial charge < -0.3 is 30.0 Å². The number of fused-ring (bicyclic) bond motifs is 8. The molecule has 0 saturated heterocycles. The van der Waals surface area contributed by atoms with Crippen LogP contribution in [0.15, 0.2) is 127 Å². The Morgan fingerprint density at radius 2 is 0.836 bits per heavy atom. The minimum atomic E-state index is -1.12. The molecule has 8 bridgehead atoms. The minimum Gasteiger partial charge on any atom is -0.478 e. The number of nitrogens with one attached hydrogen (secondary N) is 1. The first-order valence-electron chi connectivity index (χ1n) is 18.5. The summed E-state index contributed by atoms with van der Waals surface area (Å²) in [6.07, 6.45) is 7.46. The monoisotopic (exact) mass is 854 g/mol. The standard InChI is InChI=1S/C48H30N4O8.Zn/c53-45(54)29-7-1-26(2-8-29)41-39-22-19-36(51-39)24-35-16-15-33(49-35)23-34-17-18-37(50-34)25-40-42(27-3-9-30(10-4-27)46(55)56)43(28-5-11-31(12-6-28)47(57)58)44(41)52(40)38-20-13-32(14-21-38)48(59)60;/h1-25,49H,(H,53,54)(H,55,56)(H,57,58)(H,59,60);. The summed E-state index contributed by atoms with van der Waals surface area (Å²) < 4.78 is 1.95. The van der Waals surface area contributed by atoms with E-state index in [1.54, 1.807) is 48.5 Å². The van der Waals surface area contributed by atoms with Gasteiger partial charge in [-0.25, -0.2) is 29.1 Å². The molecule has 0 radical (unpaired) electrons. The molecule has 0 aliphatic carbocycles.